The summed E-state index contributed by atoms with van der Waals surface area (Å²) in [7, 11) is 0. The number of rotatable bonds is 2. The van der Waals surface area contributed by atoms with E-state index in [2.05, 4.69) is 20.9 Å². The van der Waals surface area contributed by atoms with Crippen LogP contribution in [0.15, 0.2) is 38.3 Å². The highest BCUT2D eigenvalue weighted by Gasteiger charge is 2.23. The Bertz CT molecular complexity index is 791. The van der Waals surface area contributed by atoms with E-state index < -0.39 is 5.69 Å². The second-order valence-electron chi connectivity index (χ2n) is 5.24. The minimum Gasteiger partial charge on any atom is -0.297 e. The summed E-state index contributed by atoms with van der Waals surface area (Å²) in [4.78, 5) is 27.5. The molecular weight excluding hydrogens is 356 g/mol. The van der Waals surface area contributed by atoms with E-state index >= 15 is 0 Å². The van der Waals surface area contributed by atoms with E-state index in [4.69, 9.17) is 11.6 Å². The molecule has 4 nitrogen and oxygen atoms in total. The molecule has 0 aliphatic heterocycles. The molecule has 1 aromatic heterocycles. The van der Waals surface area contributed by atoms with Crippen LogP contribution >= 0.6 is 27.5 Å². The lowest BCUT2D eigenvalue weighted by molar-refractivity contribution is 0.480. The zero-order valence-electron chi connectivity index (χ0n) is 11.2. The SMILES string of the molecule is O=c1[nH]c(Cl)c(-c2cccc(Br)c2)c(=O)n1C1CCCC1. The summed E-state index contributed by atoms with van der Waals surface area (Å²) in [5.74, 6) is 0. The molecule has 0 spiro atoms. The van der Waals surface area contributed by atoms with Crippen molar-refractivity contribution in [1.82, 2.24) is 9.55 Å². The lowest BCUT2D eigenvalue weighted by Gasteiger charge is -2.14. The summed E-state index contributed by atoms with van der Waals surface area (Å²) in [6, 6.07) is 7.31. The summed E-state index contributed by atoms with van der Waals surface area (Å²) >= 11 is 9.50. The third-order valence-corrected chi connectivity index (χ3v) is 4.67. The van der Waals surface area contributed by atoms with Crippen LogP contribution in [-0.2, 0) is 0 Å². The quantitative estimate of drug-likeness (QED) is 0.820. The van der Waals surface area contributed by atoms with Gasteiger partial charge in [-0.25, -0.2) is 4.79 Å². The van der Waals surface area contributed by atoms with Crippen molar-refractivity contribution in [2.75, 3.05) is 0 Å². The van der Waals surface area contributed by atoms with Gasteiger partial charge in [0.05, 0.1) is 5.56 Å². The van der Waals surface area contributed by atoms with Crippen molar-refractivity contribution in [3.05, 3.63) is 54.7 Å². The largest absolute Gasteiger partial charge is 0.329 e. The van der Waals surface area contributed by atoms with Gasteiger partial charge in [0.15, 0.2) is 0 Å². The zero-order chi connectivity index (χ0) is 15.0. The Morgan fingerprint density at radius 1 is 1.24 bits per heavy atom. The minimum absolute atomic E-state index is 0.0237. The molecule has 1 saturated carbocycles. The molecule has 2 aromatic rings. The molecule has 1 aliphatic carbocycles. The van der Waals surface area contributed by atoms with Crippen LogP contribution in [0.25, 0.3) is 11.1 Å². The normalized spacial score (nSPS) is 15.5. The Balaban J connectivity index is 2.24. The van der Waals surface area contributed by atoms with Crippen molar-refractivity contribution >= 4 is 27.5 Å². The summed E-state index contributed by atoms with van der Waals surface area (Å²) < 4.78 is 2.18. The van der Waals surface area contributed by atoms with Crippen LogP contribution in [0, 0.1) is 0 Å². The van der Waals surface area contributed by atoms with Crippen molar-refractivity contribution in [3.63, 3.8) is 0 Å². The summed E-state index contributed by atoms with van der Waals surface area (Å²) in [5, 5.41) is 0.0948. The average Bonchev–Trinajstić information content (AvgIpc) is 2.92. The van der Waals surface area contributed by atoms with Gasteiger partial charge >= 0.3 is 5.69 Å². The van der Waals surface area contributed by atoms with Gasteiger partial charge < -0.3 is 0 Å². The molecular formula is C15H14BrClN2O2. The van der Waals surface area contributed by atoms with Gasteiger partial charge in [-0.15, -0.1) is 0 Å². The van der Waals surface area contributed by atoms with Gasteiger partial charge in [-0.3, -0.25) is 14.3 Å². The Labute approximate surface area is 134 Å². The first kappa shape index (κ1) is 14.6. The molecule has 0 atom stereocenters. The third-order valence-electron chi connectivity index (χ3n) is 3.89. The van der Waals surface area contributed by atoms with Gasteiger partial charge in [0.2, 0.25) is 0 Å². The maximum Gasteiger partial charge on any atom is 0.329 e. The Hall–Kier alpha value is -1.33. The van der Waals surface area contributed by atoms with Crippen LogP contribution in [0.3, 0.4) is 0 Å². The van der Waals surface area contributed by atoms with Crippen molar-refractivity contribution in [1.29, 1.82) is 0 Å². The molecule has 0 saturated heterocycles. The maximum atomic E-state index is 12.8. The average molecular weight is 370 g/mol. The van der Waals surface area contributed by atoms with E-state index in [9.17, 15) is 9.59 Å². The zero-order valence-corrected chi connectivity index (χ0v) is 13.6. The van der Waals surface area contributed by atoms with Crippen LogP contribution < -0.4 is 11.2 Å². The molecule has 1 heterocycles. The Morgan fingerprint density at radius 2 is 1.95 bits per heavy atom. The van der Waals surface area contributed by atoms with E-state index in [0.717, 1.165) is 30.2 Å². The predicted octanol–water partition coefficient (Wildman–Crippen LogP) is 3.73. The molecule has 21 heavy (non-hydrogen) atoms. The first-order chi connectivity index (χ1) is 10.1. The second-order valence-corrected chi connectivity index (χ2v) is 6.54. The topological polar surface area (TPSA) is 54.9 Å². The lowest BCUT2D eigenvalue weighted by Crippen LogP contribution is -2.38. The molecule has 6 heteroatoms. The van der Waals surface area contributed by atoms with E-state index in [1.165, 1.54) is 4.57 Å². The third kappa shape index (κ3) is 2.72. The second kappa shape index (κ2) is 5.81. The monoisotopic (exact) mass is 368 g/mol. The number of aromatic nitrogens is 2. The highest BCUT2D eigenvalue weighted by molar-refractivity contribution is 9.10. The van der Waals surface area contributed by atoms with Gasteiger partial charge in [0, 0.05) is 10.5 Å². The predicted molar refractivity (Wildman–Crippen MR) is 87.0 cm³/mol. The highest BCUT2D eigenvalue weighted by atomic mass is 79.9. The molecule has 0 radical (unpaired) electrons. The molecule has 1 N–H and O–H groups in total. The van der Waals surface area contributed by atoms with E-state index in [0.29, 0.717) is 11.1 Å². The molecule has 3 rings (SSSR count). The number of nitrogens with one attached hydrogen (secondary N) is 1. The highest BCUT2D eigenvalue weighted by Crippen LogP contribution is 2.29. The molecule has 1 aromatic carbocycles. The van der Waals surface area contributed by atoms with Crippen LogP contribution in [0.1, 0.15) is 31.7 Å². The van der Waals surface area contributed by atoms with Gasteiger partial charge in [-0.05, 0) is 30.5 Å². The smallest absolute Gasteiger partial charge is 0.297 e. The van der Waals surface area contributed by atoms with Gasteiger partial charge in [0.25, 0.3) is 5.56 Å². The number of benzene rings is 1. The first-order valence-corrected chi connectivity index (χ1v) is 8.05. The first-order valence-electron chi connectivity index (χ1n) is 6.88. The summed E-state index contributed by atoms with van der Waals surface area (Å²) in [6.07, 6.45) is 3.82. The summed E-state index contributed by atoms with van der Waals surface area (Å²) in [5.41, 5.74) is 0.316. The van der Waals surface area contributed by atoms with E-state index in [-0.39, 0.29) is 16.8 Å². The number of H-pyrrole nitrogens is 1. The fourth-order valence-corrected chi connectivity index (χ4v) is 3.58. The van der Waals surface area contributed by atoms with Crippen molar-refractivity contribution in [2.24, 2.45) is 0 Å². The maximum absolute atomic E-state index is 12.8. The number of hydrogen-bond acceptors (Lipinski definition) is 2. The Morgan fingerprint density at radius 3 is 2.62 bits per heavy atom. The van der Waals surface area contributed by atoms with Gasteiger partial charge in [-0.1, -0.05) is 52.5 Å². The van der Waals surface area contributed by atoms with Crippen molar-refractivity contribution < 1.29 is 0 Å². The summed E-state index contributed by atoms with van der Waals surface area (Å²) in [6.45, 7) is 0. The van der Waals surface area contributed by atoms with Crippen LogP contribution in [0.2, 0.25) is 5.15 Å². The van der Waals surface area contributed by atoms with E-state index in [1.807, 2.05) is 24.3 Å². The number of nitrogens with zero attached hydrogens (tertiary/aromatic N) is 1. The number of aromatic amines is 1. The molecule has 110 valence electrons. The van der Waals surface area contributed by atoms with Crippen LogP contribution in [0.5, 0.6) is 0 Å². The molecule has 1 aliphatic rings. The molecule has 0 amide bonds. The van der Waals surface area contributed by atoms with Gasteiger partial charge in [-0.2, -0.15) is 0 Å². The standard InChI is InChI=1S/C15H14BrClN2O2/c16-10-5-3-4-9(8-10)12-13(17)18-15(21)19(14(12)20)11-6-1-2-7-11/h3-5,8,11H,1-2,6-7H2,(H,18,21). The van der Waals surface area contributed by atoms with Crippen molar-refractivity contribution in [3.8, 4) is 11.1 Å². The van der Waals surface area contributed by atoms with Gasteiger partial charge in [0.1, 0.15) is 5.15 Å². The van der Waals surface area contributed by atoms with Crippen molar-refractivity contribution in [2.45, 2.75) is 31.7 Å². The Kier molecular flexibility index (Phi) is 4.04. The van der Waals surface area contributed by atoms with Crippen LogP contribution in [-0.4, -0.2) is 9.55 Å². The van der Waals surface area contributed by atoms with E-state index in [1.54, 1.807) is 0 Å². The fourth-order valence-electron chi connectivity index (χ4n) is 2.91. The molecule has 0 bridgehead atoms. The number of halogens is 2. The molecule has 0 unspecified atom stereocenters. The minimum atomic E-state index is -0.421. The van der Waals surface area contributed by atoms with Crippen LogP contribution in [0.4, 0.5) is 0 Å². The number of hydrogen-bond donors (Lipinski definition) is 1. The molecule has 1 fully saturated rings. The fraction of sp³-hybridized carbons (Fsp3) is 0.333. The lowest BCUT2D eigenvalue weighted by atomic mass is 10.1.